The molecule has 3 aliphatic carbocycles. The molecule has 8 aliphatic rings. The predicted octanol–water partition coefficient (Wildman–Crippen LogP) is 7.49. The number of amides is 4. The molecule has 406 valence electrons. The molecular formula is C57H80N4O12S. The number of ether oxygens (including phenoxy) is 6. The average Bonchev–Trinajstić information content (AvgIpc) is 3.95. The Bertz CT molecular complexity index is 2460. The zero-order chi connectivity index (χ0) is 53.2. The standard InChI is InChI=1S/C57H80N4O12S/c1-33(2)13-12-20-55(9)21-19-37-47(63)44-48(64)45-36(6)39-31-42-54(7,8)73-56(51(39)65,57(42,45)72-50(44)38(49(37)71-55)17-16-34(3)4)22-18-35(5)52(66)59-24-26-69-28-30-70-29-27-68-25-23-58-43(62)15-11-10-14-41-46-40(32-74-41)60-53(67)61-46/h13,16,18-19,21,36,39-42,45-46,63H,10-12,14-15,17,20,22-32H2,1-9H3,(H,58,62)(H,59,66)(H2,60,61,67)/b35-18-/t36?,39?,40-,41?,42?,45?,46-,55?,56?,57?/m1/s1. The number of fused-ring (bicyclic) bond motifs is 3. The number of phenols is 1. The minimum Gasteiger partial charge on any atom is -0.506 e. The van der Waals surface area contributed by atoms with Gasteiger partial charge >= 0.3 is 6.03 Å². The van der Waals surface area contributed by atoms with Crippen molar-refractivity contribution >= 4 is 47.2 Å². The molecule has 4 bridgehead atoms. The number of aromatic hydroxyl groups is 1. The van der Waals surface area contributed by atoms with Crippen molar-refractivity contribution < 1.29 is 57.5 Å². The van der Waals surface area contributed by atoms with E-state index < -0.39 is 34.2 Å². The Morgan fingerprint density at radius 3 is 2.27 bits per heavy atom. The van der Waals surface area contributed by atoms with Crippen molar-refractivity contribution in [3.8, 4) is 17.2 Å². The second-order valence-corrected chi connectivity index (χ2v) is 23.9. The van der Waals surface area contributed by atoms with Gasteiger partial charge < -0.3 is 54.8 Å². The number of hydrogen-bond acceptors (Lipinski definition) is 13. The maximum atomic E-state index is 15.4. The summed E-state index contributed by atoms with van der Waals surface area (Å²) in [5, 5.41) is 24.3. The number of Topliss-reactive ketones (excluding diaryl/α,β-unsaturated/α-hetero) is 2. The van der Waals surface area contributed by atoms with Gasteiger partial charge in [-0.1, -0.05) is 42.7 Å². The highest BCUT2D eigenvalue weighted by molar-refractivity contribution is 8.00. The summed E-state index contributed by atoms with van der Waals surface area (Å²) in [4.78, 5) is 67.8. The van der Waals surface area contributed by atoms with Crippen molar-refractivity contribution in [3.63, 3.8) is 0 Å². The molecule has 5 N–H and O–H groups in total. The lowest BCUT2D eigenvalue weighted by atomic mass is 9.43. The number of ketones is 2. The quantitative estimate of drug-likeness (QED) is 0.0279. The van der Waals surface area contributed by atoms with Crippen LogP contribution in [-0.4, -0.2) is 133 Å². The smallest absolute Gasteiger partial charge is 0.315 e. The molecule has 3 saturated heterocycles. The predicted molar refractivity (Wildman–Crippen MR) is 284 cm³/mol. The van der Waals surface area contributed by atoms with E-state index in [-0.39, 0.29) is 90.0 Å². The monoisotopic (exact) mass is 1040 g/mol. The highest BCUT2D eigenvalue weighted by Gasteiger charge is 2.84. The lowest BCUT2D eigenvalue weighted by Gasteiger charge is -2.62. The van der Waals surface area contributed by atoms with E-state index in [0.29, 0.717) is 93.0 Å². The van der Waals surface area contributed by atoms with Gasteiger partial charge in [-0.3, -0.25) is 19.2 Å². The lowest BCUT2D eigenvalue weighted by Crippen LogP contribution is -2.78. The number of unbranched alkanes of at least 4 members (excludes halogenated alkanes) is 1. The summed E-state index contributed by atoms with van der Waals surface area (Å²) in [5.74, 6) is -1.24. The first-order valence-electron chi connectivity index (χ1n) is 26.9. The Balaban J connectivity index is 0.823. The van der Waals surface area contributed by atoms with Crippen molar-refractivity contribution in [3.05, 3.63) is 57.7 Å². The van der Waals surface area contributed by atoms with Gasteiger partial charge in [-0.15, -0.1) is 0 Å². The number of carbonyl (C=O) groups excluding carboxylic acids is 5. The molecule has 3 saturated carbocycles. The molecule has 0 aromatic heterocycles. The summed E-state index contributed by atoms with van der Waals surface area (Å²) in [6, 6.07) is 0.327. The van der Waals surface area contributed by atoms with E-state index in [0.717, 1.165) is 37.0 Å². The van der Waals surface area contributed by atoms with Crippen LogP contribution in [0.4, 0.5) is 4.79 Å². The second kappa shape index (κ2) is 22.9. The van der Waals surface area contributed by atoms with Gasteiger partial charge in [0.15, 0.2) is 22.8 Å². The summed E-state index contributed by atoms with van der Waals surface area (Å²) in [6.07, 6.45) is 15.4. The van der Waals surface area contributed by atoms with Crippen molar-refractivity contribution in [2.45, 2.75) is 160 Å². The Morgan fingerprint density at radius 1 is 0.878 bits per heavy atom. The first-order valence-corrected chi connectivity index (χ1v) is 28.0. The summed E-state index contributed by atoms with van der Waals surface area (Å²) in [5.41, 5.74) is -0.694. The molecular weight excluding hydrogens is 965 g/mol. The molecule has 1 aromatic carbocycles. The number of rotatable bonds is 25. The van der Waals surface area contributed by atoms with Crippen LogP contribution in [0.25, 0.3) is 6.08 Å². The highest BCUT2D eigenvalue weighted by atomic mass is 32.2. The van der Waals surface area contributed by atoms with Gasteiger partial charge in [0, 0.05) is 59.9 Å². The van der Waals surface area contributed by atoms with E-state index in [2.05, 4.69) is 47.3 Å². The molecule has 6 fully saturated rings. The third kappa shape index (κ3) is 11.0. The maximum absolute atomic E-state index is 15.4. The van der Waals surface area contributed by atoms with Gasteiger partial charge in [-0.05, 0) is 112 Å². The van der Waals surface area contributed by atoms with Crippen LogP contribution < -0.4 is 30.7 Å². The largest absolute Gasteiger partial charge is 0.506 e. The number of urea groups is 1. The van der Waals surface area contributed by atoms with Crippen LogP contribution in [0, 0.1) is 23.7 Å². The third-order valence-electron chi connectivity index (χ3n) is 16.4. The van der Waals surface area contributed by atoms with Crippen LogP contribution in [-0.2, 0) is 39.8 Å². The third-order valence-corrected chi connectivity index (χ3v) is 17.9. The summed E-state index contributed by atoms with van der Waals surface area (Å²) >= 11 is 1.89. The molecule has 10 atom stereocenters. The van der Waals surface area contributed by atoms with Crippen LogP contribution in [0.15, 0.2) is 41.0 Å². The fourth-order valence-corrected chi connectivity index (χ4v) is 14.2. The number of allylic oxidation sites excluding steroid dienone is 4. The van der Waals surface area contributed by atoms with E-state index >= 15 is 9.59 Å². The topological polar surface area (TPSA) is 209 Å². The summed E-state index contributed by atoms with van der Waals surface area (Å²) in [6.45, 7) is 20.5. The highest BCUT2D eigenvalue weighted by Crippen LogP contribution is 2.71. The van der Waals surface area contributed by atoms with Gasteiger partial charge in [-0.25, -0.2) is 4.79 Å². The SMILES string of the molecule is CC(C)=CCCC1(C)C=Cc2c(O)c3c(c(CC=C(C)C)c2O1)OC12C(C3=O)C(C)C3CC1C(C)(C)OC2(C/C=C(/C)C(=O)NCCOCCOCCOCCNC(=O)CCCCC1SC[C@H]2NC(=O)N[C@@H]12)C3=O. The molecule has 5 heterocycles. The molecule has 0 radical (unpaired) electrons. The first kappa shape index (κ1) is 55.5. The van der Waals surface area contributed by atoms with Crippen LogP contribution >= 0.6 is 11.8 Å². The fraction of sp³-hybridized carbons (Fsp3) is 0.667. The van der Waals surface area contributed by atoms with E-state index in [4.69, 9.17) is 28.4 Å². The van der Waals surface area contributed by atoms with Crippen molar-refractivity contribution in [1.82, 2.24) is 21.3 Å². The zero-order valence-corrected chi connectivity index (χ0v) is 45.8. The van der Waals surface area contributed by atoms with Crippen LogP contribution in [0.2, 0.25) is 0 Å². The van der Waals surface area contributed by atoms with Gasteiger partial charge in [-0.2, -0.15) is 11.8 Å². The Kier molecular flexibility index (Phi) is 17.2. The van der Waals surface area contributed by atoms with Gasteiger partial charge in [0.1, 0.15) is 28.4 Å². The van der Waals surface area contributed by atoms with E-state index in [1.807, 2.05) is 65.5 Å². The molecule has 5 aliphatic heterocycles. The maximum Gasteiger partial charge on any atom is 0.315 e. The molecule has 1 aromatic rings. The van der Waals surface area contributed by atoms with Gasteiger partial charge in [0.25, 0.3) is 0 Å². The number of benzene rings is 1. The van der Waals surface area contributed by atoms with Gasteiger partial charge in [0.05, 0.1) is 68.8 Å². The van der Waals surface area contributed by atoms with Crippen LogP contribution in [0.5, 0.6) is 17.2 Å². The summed E-state index contributed by atoms with van der Waals surface area (Å²) < 4.78 is 38.3. The molecule has 4 amide bonds. The normalized spacial score (nSPS) is 30.5. The molecule has 8 unspecified atom stereocenters. The number of nitrogens with one attached hydrogen (secondary N) is 4. The fourth-order valence-electron chi connectivity index (χ4n) is 12.7. The summed E-state index contributed by atoms with van der Waals surface area (Å²) in [7, 11) is 0. The molecule has 74 heavy (non-hydrogen) atoms. The molecule has 9 rings (SSSR count). The Morgan fingerprint density at radius 2 is 1.57 bits per heavy atom. The number of hydrogen-bond donors (Lipinski definition) is 5. The number of carbonyl (C=O) groups is 5. The molecule has 1 spiro atoms. The van der Waals surface area contributed by atoms with Crippen molar-refractivity contribution in [2.75, 3.05) is 58.5 Å². The molecule has 17 heteroatoms. The van der Waals surface area contributed by atoms with Gasteiger partial charge in [0.2, 0.25) is 11.8 Å². The van der Waals surface area contributed by atoms with Crippen molar-refractivity contribution in [1.29, 1.82) is 0 Å². The number of phenolic OH excluding ortho intramolecular Hbond substituents is 1. The van der Waals surface area contributed by atoms with Crippen LogP contribution in [0.3, 0.4) is 0 Å². The molecule has 16 nitrogen and oxygen atoms in total. The second-order valence-electron chi connectivity index (χ2n) is 22.6. The number of thioether (sulfide) groups is 1. The Hall–Kier alpha value is -4.68. The Labute approximate surface area is 441 Å². The zero-order valence-electron chi connectivity index (χ0n) is 45.0. The van der Waals surface area contributed by atoms with Crippen LogP contribution in [0.1, 0.15) is 135 Å². The first-order chi connectivity index (χ1) is 35.2. The minimum atomic E-state index is -1.59. The lowest BCUT2D eigenvalue weighted by molar-refractivity contribution is -0.209. The van der Waals surface area contributed by atoms with Crippen molar-refractivity contribution in [2.24, 2.45) is 23.7 Å². The van der Waals surface area contributed by atoms with E-state index in [1.54, 1.807) is 13.0 Å². The minimum absolute atomic E-state index is 0.00598. The van der Waals surface area contributed by atoms with E-state index in [1.165, 1.54) is 5.57 Å². The van der Waals surface area contributed by atoms with E-state index in [9.17, 15) is 19.5 Å². The average molecular weight is 1050 g/mol.